The Balaban J connectivity index is 1.54. The fraction of sp³-hybridized carbons (Fsp3) is 0.500. The molecule has 0 saturated carbocycles. The van der Waals surface area contributed by atoms with E-state index in [1.165, 1.54) is 29.3 Å². The van der Waals surface area contributed by atoms with Gasteiger partial charge in [0.25, 0.3) is 5.91 Å². The summed E-state index contributed by atoms with van der Waals surface area (Å²) in [5, 5.41) is 6.60. The quantitative estimate of drug-likeness (QED) is 0.778. The summed E-state index contributed by atoms with van der Waals surface area (Å²) < 4.78 is 29.7. The lowest BCUT2D eigenvalue weighted by molar-refractivity contribution is 0.0945. The molecule has 10 nitrogen and oxygen atoms in total. The van der Waals surface area contributed by atoms with Crippen LogP contribution in [0.2, 0.25) is 0 Å². The van der Waals surface area contributed by atoms with Gasteiger partial charge in [-0.1, -0.05) is 5.16 Å². The van der Waals surface area contributed by atoms with Crippen LogP contribution in [0, 0.1) is 0 Å². The predicted octanol–water partition coefficient (Wildman–Crippen LogP) is -0.0714. The highest BCUT2D eigenvalue weighted by molar-refractivity contribution is 7.88. The maximum atomic E-state index is 11.9. The van der Waals surface area contributed by atoms with Crippen molar-refractivity contribution < 1.29 is 17.7 Å². The summed E-state index contributed by atoms with van der Waals surface area (Å²) in [7, 11) is -3.16. The highest BCUT2D eigenvalue weighted by Crippen LogP contribution is 2.26. The lowest BCUT2D eigenvalue weighted by Crippen LogP contribution is -2.37. The van der Waals surface area contributed by atoms with E-state index in [1.807, 2.05) is 0 Å². The van der Waals surface area contributed by atoms with E-state index in [2.05, 4.69) is 25.4 Å². The third kappa shape index (κ3) is 4.37. The van der Waals surface area contributed by atoms with E-state index in [4.69, 9.17) is 4.52 Å². The van der Waals surface area contributed by atoms with E-state index < -0.39 is 10.0 Å². The molecule has 1 aliphatic heterocycles. The molecule has 11 heteroatoms. The minimum atomic E-state index is -3.16. The van der Waals surface area contributed by atoms with Gasteiger partial charge in [-0.15, -0.1) is 0 Å². The zero-order valence-corrected chi connectivity index (χ0v) is 14.4. The lowest BCUT2D eigenvalue weighted by Gasteiger charge is -2.28. The van der Waals surface area contributed by atoms with Crippen molar-refractivity contribution >= 4 is 15.9 Å². The molecule has 0 unspecified atom stereocenters. The Morgan fingerprint density at radius 1 is 1.32 bits per heavy atom. The van der Waals surface area contributed by atoms with Crippen LogP contribution >= 0.6 is 0 Å². The molecule has 1 saturated heterocycles. The van der Waals surface area contributed by atoms with Crippen molar-refractivity contribution in [2.45, 2.75) is 25.3 Å². The summed E-state index contributed by atoms with van der Waals surface area (Å²) in [5.74, 6) is 0.557. The van der Waals surface area contributed by atoms with E-state index in [0.29, 0.717) is 43.2 Å². The first-order valence-corrected chi connectivity index (χ1v) is 9.59. The van der Waals surface area contributed by atoms with Crippen molar-refractivity contribution in [3.05, 3.63) is 36.0 Å². The average molecular weight is 366 g/mol. The molecule has 1 N–H and O–H groups in total. The van der Waals surface area contributed by atoms with Crippen LogP contribution < -0.4 is 5.32 Å². The highest BCUT2D eigenvalue weighted by Gasteiger charge is 2.28. The van der Waals surface area contributed by atoms with Crippen LogP contribution in [0.5, 0.6) is 0 Å². The zero-order valence-electron chi connectivity index (χ0n) is 13.6. The number of hydrogen-bond acceptors (Lipinski definition) is 8. The van der Waals surface area contributed by atoms with Crippen molar-refractivity contribution in [3.63, 3.8) is 0 Å². The van der Waals surface area contributed by atoms with Crippen LogP contribution in [0.4, 0.5) is 0 Å². The van der Waals surface area contributed by atoms with Crippen LogP contribution in [-0.4, -0.2) is 58.1 Å². The first-order chi connectivity index (χ1) is 11.9. The summed E-state index contributed by atoms with van der Waals surface area (Å²) in [6, 6.07) is 0. The van der Waals surface area contributed by atoms with Gasteiger partial charge in [0.1, 0.15) is 6.33 Å². The second-order valence-electron chi connectivity index (χ2n) is 5.79. The highest BCUT2D eigenvalue weighted by atomic mass is 32.2. The molecule has 0 aliphatic carbocycles. The van der Waals surface area contributed by atoms with Gasteiger partial charge < -0.3 is 9.84 Å². The average Bonchev–Trinajstić information content (AvgIpc) is 3.09. The van der Waals surface area contributed by atoms with Gasteiger partial charge >= 0.3 is 0 Å². The second kappa shape index (κ2) is 7.23. The van der Waals surface area contributed by atoms with Crippen molar-refractivity contribution in [2.24, 2.45) is 0 Å². The molecule has 2 aromatic heterocycles. The summed E-state index contributed by atoms with van der Waals surface area (Å²) >= 11 is 0. The van der Waals surface area contributed by atoms with Gasteiger partial charge in [-0.25, -0.2) is 22.7 Å². The molecule has 1 aliphatic rings. The van der Waals surface area contributed by atoms with Gasteiger partial charge in [-0.3, -0.25) is 4.79 Å². The van der Waals surface area contributed by atoms with Crippen molar-refractivity contribution in [3.8, 4) is 0 Å². The molecule has 0 radical (unpaired) electrons. The molecular formula is C14H18N6O4S. The number of carbonyl (C=O) groups is 1. The van der Waals surface area contributed by atoms with Crippen molar-refractivity contribution in [1.82, 2.24) is 29.7 Å². The molecule has 0 spiro atoms. The van der Waals surface area contributed by atoms with Crippen LogP contribution in [0.25, 0.3) is 0 Å². The molecule has 0 bridgehead atoms. The predicted molar refractivity (Wildman–Crippen MR) is 85.9 cm³/mol. The van der Waals surface area contributed by atoms with E-state index in [9.17, 15) is 13.2 Å². The van der Waals surface area contributed by atoms with E-state index >= 15 is 0 Å². The van der Waals surface area contributed by atoms with Crippen LogP contribution in [0.3, 0.4) is 0 Å². The summed E-state index contributed by atoms with van der Waals surface area (Å²) in [4.78, 5) is 23.8. The molecule has 1 amide bonds. The van der Waals surface area contributed by atoms with E-state index in [-0.39, 0.29) is 18.4 Å². The number of hydrogen-bond donors (Lipinski definition) is 1. The van der Waals surface area contributed by atoms with Gasteiger partial charge in [-0.2, -0.15) is 4.98 Å². The number of amides is 1. The molecule has 25 heavy (non-hydrogen) atoms. The number of sulfonamides is 1. The summed E-state index contributed by atoms with van der Waals surface area (Å²) in [6.07, 6.45) is 6.66. The lowest BCUT2D eigenvalue weighted by atomic mass is 9.98. The number of nitrogens with zero attached hydrogens (tertiary/aromatic N) is 5. The number of rotatable bonds is 5. The Morgan fingerprint density at radius 3 is 2.64 bits per heavy atom. The monoisotopic (exact) mass is 366 g/mol. The number of carbonyl (C=O) groups excluding carboxylic acids is 1. The second-order valence-corrected chi connectivity index (χ2v) is 7.77. The Bertz CT molecular complexity index is 830. The third-order valence-electron chi connectivity index (χ3n) is 3.99. The third-order valence-corrected chi connectivity index (χ3v) is 5.30. The standard InChI is InChI=1S/C14H18N6O4S/c1-25(22,23)20-4-2-10(3-5-20)13-18-12(24-19-13)8-17-14(21)11-6-15-9-16-7-11/h6-7,9-10H,2-5,8H2,1H3,(H,17,21). The van der Waals surface area contributed by atoms with E-state index in [1.54, 1.807) is 0 Å². The molecule has 3 rings (SSSR count). The van der Waals surface area contributed by atoms with Crippen LogP contribution in [0.15, 0.2) is 23.2 Å². The summed E-state index contributed by atoms with van der Waals surface area (Å²) in [5.41, 5.74) is 0.343. The van der Waals surface area contributed by atoms with Gasteiger partial charge in [0.15, 0.2) is 5.82 Å². The smallest absolute Gasteiger partial charge is 0.254 e. The largest absolute Gasteiger partial charge is 0.343 e. The fourth-order valence-corrected chi connectivity index (χ4v) is 3.50. The van der Waals surface area contributed by atoms with Gasteiger partial charge in [0.2, 0.25) is 15.9 Å². The minimum Gasteiger partial charge on any atom is -0.343 e. The summed E-state index contributed by atoms with van der Waals surface area (Å²) in [6.45, 7) is 0.985. The Morgan fingerprint density at radius 2 is 2.00 bits per heavy atom. The topological polar surface area (TPSA) is 131 Å². The van der Waals surface area contributed by atoms with Gasteiger partial charge in [-0.05, 0) is 12.8 Å². The number of nitrogens with one attached hydrogen (secondary N) is 1. The Labute approximate surface area is 144 Å². The molecule has 0 aromatic carbocycles. The molecule has 0 atom stereocenters. The van der Waals surface area contributed by atoms with Crippen molar-refractivity contribution in [2.75, 3.05) is 19.3 Å². The molecule has 3 heterocycles. The first kappa shape index (κ1) is 17.4. The zero-order chi connectivity index (χ0) is 17.9. The molecule has 134 valence electrons. The van der Waals surface area contributed by atoms with E-state index in [0.717, 1.165) is 0 Å². The maximum absolute atomic E-state index is 11.9. The maximum Gasteiger partial charge on any atom is 0.254 e. The molecule has 2 aromatic rings. The Kier molecular flexibility index (Phi) is 5.04. The fourth-order valence-electron chi connectivity index (χ4n) is 2.63. The minimum absolute atomic E-state index is 0.0497. The Hall–Kier alpha value is -2.40. The van der Waals surface area contributed by atoms with Gasteiger partial charge in [0, 0.05) is 31.4 Å². The van der Waals surface area contributed by atoms with Crippen LogP contribution in [-0.2, 0) is 16.6 Å². The SMILES string of the molecule is CS(=O)(=O)N1CCC(c2noc(CNC(=O)c3cncnc3)n2)CC1. The molecule has 1 fully saturated rings. The number of aromatic nitrogens is 4. The number of piperidine rings is 1. The van der Waals surface area contributed by atoms with Gasteiger partial charge in [0.05, 0.1) is 18.4 Å². The van der Waals surface area contributed by atoms with Crippen LogP contribution in [0.1, 0.15) is 40.8 Å². The first-order valence-electron chi connectivity index (χ1n) is 7.74. The van der Waals surface area contributed by atoms with Crippen molar-refractivity contribution in [1.29, 1.82) is 0 Å². The normalized spacial score (nSPS) is 16.7. The molecular weight excluding hydrogens is 348 g/mol.